The average molecular weight is 324 g/mol. The van der Waals surface area contributed by atoms with Gasteiger partial charge in [-0.2, -0.15) is 0 Å². The number of nitrogens with zero attached hydrogens (tertiary/aromatic N) is 1. The third kappa shape index (κ3) is 3.25. The molecule has 1 aliphatic rings. The Kier molecular flexibility index (Phi) is 4.51. The second-order valence-electron chi connectivity index (χ2n) is 5.84. The van der Waals surface area contributed by atoms with Crippen molar-refractivity contribution in [3.8, 4) is 5.75 Å². The van der Waals surface area contributed by atoms with Gasteiger partial charge in [-0.25, -0.2) is 0 Å². The van der Waals surface area contributed by atoms with Crippen LogP contribution in [0.3, 0.4) is 0 Å². The summed E-state index contributed by atoms with van der Waals surface area (Å²) in [4.78, 5) is 25.7. The summed E-state index contributed by atoms with van der Waals surface area (Å²) in [5.74, 6) is 0.667. The normalized spacial score (nSPS) is 13.4. The molecule has 124 valence electrons. The summed E-state index contributed by atoms with van der Waals surface area (Å²) in [5, 5.41) is 2.88. The smallest absolute Gasteiger partial charge is 0.228 e. The number of nitrogens with one attached hydrogen (secondary N) is 1. The molecule has 0 saturated carbocycles. The summed E-state index contributed by atoms with van der Waals surface area (Å²) in [6.45, 7) is 0. The van der Waals surface area contributed by atoms with Gasteiger partial charge in [-0.1, -0.05) is 24.3 Å². The van der Waals surface area contributed by atoms with Gasteiger partial charge in [0.2, 0.25) is 11.8 Å². The first-order valence-corrected chi connectivity index (χ1v) is 7.89. The highest BCUT2D eigenvalue weighted by molar-refractivity contribution is 5.96. The Morgan fingerprint density at radius 2 is 2.00 bits per heavy atom. The van der Waals surface area contributed by atoms with E-state index < -0.39 is 0 Å². The summed E-state index contributed by atoms with van der Waals surface area (Å²) < 4.78 is 5.24. The van der Waals surface area contributed by atoms with Crippen molar-refractivity contribution >= 4 is 23.2 Å². The van der Waals surface area contributed by atoms with E-state index in [1.807, 2.05) is 36.4 Å². The third-order valence-corrected chi connectivity index (χ3v) is 4.23. The van der Waals surface area contributed by atoms with Crippen LogP contribution in [0.25, 0.3) is 0 Å². The molecule has 0 aliphatic carbocycles. The van der Waals surface area contributed by atoms with E-state index in [1.165, 1.54) is 0 Å². The summed E-state index contributed by atoms with van der Waals surface area (Å²) in [6, 6.07) is 13.2. The molecule has 0 atom stereocenters. The van der Waals surface area contributed by atoms with E-state index in [9.17, 15) is 9.59 Å². The third-order valence-electron chi connectivity index (χ3n) is 4.23. The highest BCUT2D eigenvalue weighted by atomic mass is 16.5. The van der Waals surface area contributed by atoms with Crippen LogP contribution in [-0.4, -0.2) is 26.0 Å². The molecular weight excluding hydrogens is 304 g/mol. The second kappa shape index (κ2) is 6.74. The minimum Gasteiger partial charge on any atom is -0.495 e. The number of hydrogen-bond acceptors (Lipinski definition) is 3. The fourth-order valence-corrected chi connectivity index (χ4v) is 2.95. The fraction of sp³-hybridized carbons (Fsp3) is 0.263. The molecule has 3 rings (SSSR count). The molecule has 2 aromatic rings. The Bertz CT molecular complexity index is 786. The molecule has 0 fully saturated rings. The molecule has 5 nitrogen and oxygen atoms in total. The maximum Gasteiger partial charge on any atom is 0.228 e. The molecule has 0 radical (unpaired) electrons. The van der Waals surface area contributed by atoms with E-state index in [-0.39, 0.29) is 18.2 Å². The van der Waals surface area contributed by atoms with E-state index >= 15 is 0 Å². The molecule has 2 aromatic carbocycles. The van der Waals surface area contributed by atoms with Crippen LogP contribution < -0.4 is 15.0 Å². The van der Waals surface area contributed by atoms with Gasteiger partial charge in [0.25, 0.3) is 0 Å². The van der Waals surface area contributed by atoms with Gasteiger partial charge in [0.15, 0.2) is 0 Å². The van der Waals surface area contributed by atoms with Crippen LogP contribution in [-0.2, 0) is 22.4 Å². The zero-order valence-electron chi connectivity index (χ0n) is 13.8. The largest absolute Gasteiger partial charge is 0.495 e. The van der Waals surface area contributed by atoms with Gasteiger partial charge in [0.05, 0.1) is 19.2 Å². The van der Waals surface area contributed by atoms with Gasteiger partial charge >= 0.3 is 0 Å². The lowest BCUT2D eigenvalue weighted by molar-refractivity contribution is -0.118. The Hall–Kier alpha value is -2.82. The molecule has 1 heterocycles. The van der Waals surface area contributed by atoms with E-state index in [2.05, 4.69) is 5.32 Å². The first kappa shape index (κ1) is 16.1. The lowest BCUT2D eigenvalue weighted by Crippen LogP contribution is -2.31. The number of methoxy groups -OCH3 is 1. The summed E-state index contributed by atoms with van der Waals surface area (Å²) in [5.41, 5.74) is 3.64. The molecule has 0 unspecified atom stereocenters. The molecule has 2 amide bonds. The van der Waals surface area contributed by atoms with E-state index in [0.717, 1.165) is 23.2 Å². The van der Waals surface area contributed by atoms with Crippen molar-refractivity contribution in [2.75, 3.05) is 24.4 Å². The van der Waals surface area contributed by atoms with Gasteiger partial charge in [0.1, 0.15) is 5.75 Å². The summed E-state index contributed by atoms with van der Waals surface area (Å²) in [7, 11) is 3.36. The van der Waals surface area contributed by atoms with E-state index in [1.54, 1.807) is 25.1 Å². The standard InChI is InChI=1S/C19H20N2O3/c1-21-16-9-7-13(11-14(16)8-10-19(21)23)12-18(22)20-15-5-3-4-6-17(15)24-2/h3-7,9,11H,8,10,12H2,1-2H3,(H,20,22). The quantitative estimate of drug-likeness (QED) is 0.941. The van der Waals surface area contributed by atoms with Crippen molar-refractivity contribution in [2.24, 2.45) is 0 Å². The van der Waals surface area contributed by atoms with Crippen LogP contribution in [0, 0.1) is 0 Å². The zero-order chi connectivity index (χ0) is 17.1. The van der Waals surface area contributed by atoms with Gasteiger partial charge in [-0.15, -0.1) is 0 Å². The van der Waals surface area contributed by atoms with Crippen molar-refractivity contribution in [3.05, 3.63) is 53.6 Å². The Balaban J connectivity index is 1.72. The molecule has 1 N–H and O–H groups in total. The number of aryl methyl sites for hydroxylation is 1. The number of anilines is 2. The molecule has 5 heteroatoms. The molecule has 0 saturated heterocycles. The number of ether oxygens (including phenoxy) is 1. The van der Waals surface area contributed by atoms with Crippen LogP contribution in [0.2, 0.25) is 0 Å². The molecule has 0 bridgehead atoms. The number of fused-ring (bicyclic) bond motifs is 1. The van der Waals surface area contributed by atoms with Crippen LogP contribution in [0.5, 0.6) is 5.75 Å². The van der Waals surface area contributed by atoms with E-state index in [4.69, 9.17) is 4.74 Å². The molecular formula is C19H20N2O3. The number of rotatable bonds is 4. The first-order valence-electron chi connectivity index (χ1n) is 7.89. The number of hydrogen-bond donors (Lipinski definition) is 1. The van der Waals surface area contributed by atoms with Crippen LogP contribution in [0.4, 0.5) is 11.4 Å². The van der Waals surface area contributed by atoms with Crippen LogP contribution in [0.15, 0.2) is 42.5 Å². The number of carbonyl (C=O) groups is 2. The van der Waals surface area contributed by atoms with Crippen molar-refractivity contribution < 1.29 is 14.3 Å². The second-order valence-corrected chi connectivity index (χ2v) is 5.84. The van der Waals surface area contributed by atoms with Gasteiger partial charge in [-0.3, -0.25) is 9.59 Å². The maximum absolute atomic E-state index is 12.3. The minimum atomic E-state index is -0.0975. The predicted octanol–water partition coefficient (Wildman–Crippen LogP) is 2.79. The lowest BCUT2D eigenvalue weighted by Gasteiger charge is -2.26. The van der Waals surface area contributed by atoms with Crippen molar-refractivity contribution in [1.82, 2.24) is 0 Å². The van der Waals surface area contributed by atoms with E-state index in [0.29, 0.717) is 17.9 Å². The molecule has 1 aliphatic heterocycles. The molecule has 0 aromatic heterocycles. The van der Waals surface area contributed by atoms with Crippen LogP contribution >= 0.6 is 0 Å². The number of carbonyl (C=O) groups excluding carboxylic acids is 2. The fourth-order valence-electron chi connectivity index (χ4n) is 2.95. The average Bonchev–Trinajstić information content (AvgIpc) is 2.58. The van der Waals surface area contributed by atoms with Crippen molar-refractivity contribution in [2.45, 2.75) is 19.3 Å². The van der Waals surface area contributed by atoms with Gasteiger partial charge < -0.3 is 15.0 Å². The van der Waals surface area contributed by atoms with Gasteiger partial charge in [0, 0.05) is 19.2 Å². The highest BCUT2D eigenvalue weighted by Crippen LogP contribution is 2.28. The highest BCUT2D eigenvalue weighted by Gasteiger charge is 2.21. The lowest BCUT2D eigenvalue weighted by atomic mass is 9.98. The monoisotopic (exact) mass is 324 g/mol. The minimum absolute atomic E-state index is 0.0975. The number of amides is 2. The Morgan fingerprint density at radius 3 is 2.79 bits per heavy atom. The SMILES string of the molecule is COc1ccccc1NC(=O)Cc1ccc2c(c1)CCC(=O)N2C. The topological polar surface area (TPSA) is 58.6 Å². The van der Waals surface area contributed by atoms with Crippen LogP contribution in [0.1, 0.15) is 17.5 Å². The van der Waals surface area contributed by atoms with Gasteiger partial charge in [-0.05, 0) is 35.7 Å². The van der Waals surface area contributed by atoms with Crippen molar-refractivity contribution in [3.63, 3.8) is 0 Å². The first-order chi connectivity index (χ1) is 11.6. The molecule has 0 spiro atoms. The number of para-hydroxylation sites is 2. The molecule has 24 heavy (non-hydrogen) atoms. The number of benzene rings is 2. The Labute approximate surface area is 141 Å². The summed E-state index contributed by atoms with van der Waals surface area (Å²) >= 11 is 0. The maximum atomic E-state index is 12.3. The zero-order valence-corrected chi connectivity index (χ0v) is 13.8. The summed E-state index contributed by atoms with van der Waals surface area (Å²) in [6.07, 6.45) is 1.52. The van der Waals surface area contributed by atoms with Crippen molar-refractivity contribution in [1.29, 1.82) is 0 Å². The predicted molar refractivity (Wildman–Crippen MR) is 93.5 cm³/mol. The Morgan fingerprint density at radius 1 is 1.21 bits per heavy atom.